The third-order valence-corrected chi connectivity index (χ3v) is 3.33. The number of nitrogens with two attached hydrogens (primary N) is 1. The van der Waals surface area contributed by atoms with E-state index in [1.807, 2.05) is 6.92 Å². The van der Waals surface area contributed by atoms with Crippen molar-refractivity contribution in [3.05, 3.63) is 29.3 Å². The van der Waals surface area contributed by atoms with Crippen LogP contribution in [0.3, 0.4) is 0 Å². The van der Waals surface area contributed by atoms with Gasteiger partial charge in [0.1, 0.15) is 5.75 Å². The summed E-state index contributed by atoms with van der Waals surface area (Å²) in [6.07, 6.45) is 2.02. The summed E-state index contributed by atoms with van der Waals surface area (Å²) in [6.45, 7) is 10.9. The van der Waals surface area contributed by atoms with Crippen LogP contribution in [0.15, 0.2) is 18.2 Å². The lowest BCUT2D eigenvalue weighted by molar-refractivity contribution is 0.337. The Balaban J connectivity index is 2.48. The maximum atomic E-state index is 5.61. The number of nitrogens with one attached hydrogen (secondary N) is 1. The molecule has 0 unspecified atom stereocenters. The van der Waals surface area contributed by atoms with E-state index in [2.05, 4.69) is 44.3 Å². The Hall–Kier alpha value is -1.06. The summed E-state index contributed by atoms with van der Waals surface area (Å²) in [5, 5.41) is 3.56. The summed E-state index contributed by atoms with van der Waals surface area (Å²) in [5.74, 6) is 0.989. The Labute approximate surface area is 117 Å². The van der Waals surface area contributed by atoms with E-state index < -0.39 is 0 Å². The highest BCUT2D eigenvalue weighted by Gasteiger charge is 2.14. The van der Waals surface area contributed by atoms with Gasteiger partial charge in [0, 0.05) is 5.54 Å². The lowest BCUT2D eigenvalue weighted by atomic mass is 10.00. The van der Waals surface area contributed by atoms with Gasteiger partial charge in [-0.3, -0.25) is 0 Å². The molecule has 1 aromatic carbocycles. The molecule has 19 heavy (non-hydrogen) atoms. The van der Waals surface area contributed by atoms with Gasteiger partial charge in [0.15, 0.2) is 0 Å². The second-order valence-electron chi connectivity index (χ2n) is 5.63. The highest BCUT2D eigenvalue weighted by molar-refractivity contribution is 5.36. The Morgan fingerprint density at radius 3 is 2.63 bits per heavy atom. The third-order valence-electron chi connectivity index (χ3n) is 3.33. The number of benzene rings is 1. The van der Waals surface area contributed by atoms with Crippen LogP contribution in [-0.2, 0) is 6.42 Å². The minimum atomic E-state index is 0.120. The minimum absolute atomic E-state index is 0.120. The van der Waals surface area contributed by atoms with Crippen molar-refractivity contribution >= 4 is 0 Å². The van der Waals surface area contributed by atoms with Crippen molar-refractivity contribution in [3.8, 4) is 5.75 Å². The Morgan fingerprint density at radius 1 is 1.32 bits per heavy atom. The summed E-state index contributed by atoms with van der Waals surface area (Å²) >= 11 is 0. The first kappa shape index (κ1) is 16.0. The molecule has 3 N–H and O–H groups in total. The minimum Gasteiger partial charge on any atom is -0.494 e. The molecule has 0 aliphatic heterocycles. The lowest BCUT2D eigenvalue weighted by Gasteiger charge is -2.25. The van der Waals surface area contributed by atoms with Gasteiger partial charge in [-0.25, -0.2) is 0 Å². The zero-order valence-corrected chi connectivity index (χ0v) is 12.8. The van der Waals surface area contributed by atoms with E-state index in [9.17, 15) is 0 Å². The van der Waals surface area contributed by atoms with Crippen LogP contribution in [0.4, 0.5) is 0 Å². The monoisotopic (exact) mass is 264 g/mol. The van der Waals surface area contributed by atoms with Gasteiger partial charge >= 0.3 is 0 Å². The molecule has 0 saturated heterocycles. The molecular formula is C16H28N2O. The molecule has 0 atom stereocenters. The fourth-order valence-electron chi connectivity index (χ4n) is 2.18. The molecule has 0 spiro atoms. The number of hydrogen-bond acceptors (Lipinski definition) is 3. The molecule has 0 heterocycles. The van der Waals surface area contributed by atoms with Crippen LogP contribution in [0.2, 0.25) is 0 Å². The third kappa shape index (κ3) is 5.62. The average molecular weight is 264 g/mol. The summed E-state index contributed by atoms with van der Waals surface area (Å²) in [7, 11) is 0. The van der Waals surface area contributed by atoms with Crippen molar-refractivity contribution in [3.63, 3.8) is 0 Å². The first-order valence-corrected chi connectivity index (χ1v) is 7.16. The number of hydrogen-bond donors (Lipinski definition) is 2. The van der Waals surface area contributed by atoms with Gasteiger partial charge < -0.3 is 15.8 Å². The SMILES string of the molecule is CCOc1ccc(CCNC(C)(C)CCN)cc1C. The fourth-order valence-corrected chi connectivity index (χ4v) is 2.18. The van der Waals surface area contributed by atoms with E-state index >= 15 is 0 Å². The largest absolute Gasteiger partial charge is 0.494 e. The Bertz CT molecular complexity index is 388. The quantitative estimate of drug-likeness (QED) is 0.759. The summed E-state index contributed by atoms with van der Waals surface area (Å²) in [6, 6.07) is 6.43. The van der Waals surface area contributed by atoms with Crippen molar-refractivity contribution < 1.29 is 4.74 Å². The molecule has 0 aliphatic rings. The van der Waals surface area contributed by atoms with E-state index in [1.165, 1.54) is 11.1 Å². The van der Waals surface area contributed by atoms with Crippen LogP contribution in [-0.4, -0.2) is 25.2 Å². The molecule has 3 heteroatoms. The second kappa shape index (κ2) is 7.51. The van der Waals surface area contributed by atoms with Gasteiger partial charge in [0.2, 0.25) is 0 Å². The zero-order chi connectivity index (χ0) is 14.3. The Morgan fingerprint density at radius 2 is 2.05 bits per heavy atom. The van der Waals surface area contributed by atoms with E-state index in [4.69, 9.17) is 10.5 Å². The van der Waals surface area contributed by atoms with Crippen LogP contribution >= 0.6 is 0 Å². The van der Waals surface area contributed by atoms with Gasteiger partial charge in [-0.1, -0.05) is 12.1 Å². The van der Waals surface area contributed by atoms with Crippen LogP contribution in [0.25, 0.3) is 0 Å². The summed E-state index contributed by atoms with van der Waals surface area (Å²) in [4.78, 5) is 0. The molecule has 0 aliphatic carbocycles. The molecule has 0 radical (unpaired) electrons. The van der Waals surface area contributed by atoms with Crippen LogP contribution < -0.4 is 15.8 Å². The molecule has 0 fully saturated rings. The highest BCUT2D eigenvalue weighted by atomic mass is 16.5. The maximum Gasteiger partial charge on any atom is 0.122 e. The molecule has 0 amide bonds. The Kier molecular flexibility index (Phi) is 6.32. The van der Waals surface area contributed by atoms with Gasteiger partial charge in [-0.05, 0) is 70.8 Å². The van der Waals surface area contributed by atoms with E-state index in [0.29, 0.717) is 0 Å². The van der Waals surface area contributed by atoms with E-state index in [0.717, 1.165) is 38.3 Å². The maximum absolute atomic E-state index is 5.61. The van der Waals surface area contributed by atoms with E-state index in [1.54, 1.807) is 0 Å². The first-order valence-electron chi connectivity index (χ1n) is 7.16. The predicted molar refractivity (Wildman–Crippen MR) is 81.8 cm³/mol. The van der Waals surface area contributed by atoms with Crippen molar-refractivity contribution in [2.45, 2.75) is 46.1 Å². The normalized spacial score (nSPS) is 11.6. The average Bonchev–Trinajstić information content (AvgIpc) is 2.32. The van der Waals surface area contributed by atoms with Crippen LogP contribution in [0, 0.1) is 6.92 Å². The molecule has 3 nitrogen and oxygen atoms in total. The smallest absolute Gasteiger partial charge is 0.122 e. The molecule has 1 aromatic rings. The van der Waals surface area contributed by atoms with Gasteiger partial charge in [0.25, 0.3) is 0 Å². The van der Waals surface area contributed by atoms with Gasteiger partial charge in [-0.2, -0.15) is 0 Å². The van der Waals surface area contributed by atoms with Crippen LogP contribution in [0.1, 0.15) is 38.3 Å². The second-order valence-corrected chi connectivity index (χ2v) is 5.63. The standard InChI is InChI=1S/C16H28N2O/c1-5-19-15-7-6-14(12-13(15)2)8-11-18-16(3,4)9-10-17/h6-7,12,18H,5,8-11,17H2,1-4H3. The van der Waals surface area contributed by atoms with Crippen molar-refractivity contribution in [2.24, 2.45) is 5.73 Å². The van der Waals surface area contributed by atoms with Crippen molar-refractivity contribution in [1.82, 2.24) is 5.32 Å². The molecule has 1 rings (SSSR count). The van der Waals surface area contributed by atoms with Gasteiger partial charge in [0.05, 0.1) is 6.61 Å². The summed E-state index contributed by atoms with van der Waals surface area (Å²) in [5.41, 5.74) is 8.28. The van der Waals surface area contributed by atoms with E-state index in [-0.39, 0.29) is 5.54 Å². The fraction of sp³-hybridized carbons (Fsp3) is 0.625. The van der Waals surface area contributed by atoms with Crippen molar-refractivity contribution in [2.75, 3.05) is 19.7 Å². The topological polar surface area (TPSA) is 47.3 Å². The molecule has 0 bridgehead atoms. The van der Waals surface area contributed by atoms with Crippen LogP contribution in [0.5, 0.6) is 5.75 Å². The van der Waals surface area contributed by atoms with Gasteiger partial charge in [-0.15, -0.1) is 0 Å². The highest BCUT2D eigenvalue weighted by Crippen LogP contribution is 2.19. The number of ether oxygens (including phenoxy) is 1. The molecule has 108 valence electrons. The lowest BCUT2D eigenvalue weighted by Crippen LogP contribution is -2.42. The summed E-state index contributed by atoms with van der Waals surface area (Å²) < 4.78 is 5.55. The first-order chi connectivity index (χ1) is 8.98. The number of rotatable bonds is 8. The number of aryl methyl sites for hydroxylation is 1. The zero-order valence-electron chi connectivity index (χ0n) is 12.8. The molecule has 0 aromatic heterocycles. The van der Waals surface area contributed by atoms with Crippen molar-refractivity contribution in [1.29, 1.82) is 0 Å². The molecule has 0 saturated carbocycles. The predicted octanol–water partition coefficient (Wildman–Crippen LogP) is 2.65. The molecular weight excluding hydrogens is 236 g/mol.